The van der Waals surface area contributed by atoms with Gasteiger partial charge >= 0.3 is 5.97 Å². The Balaban J connectivity index is 1.19. The van der Waals surface area contributed by atoms with Crippen LogP contribution in [0.3, 0.4) is 0 Å². The van der Waals surface area contributed by atoms with Gasteiger partial charge in [-0.2, -0.15) is 5.10 Å². The summed E-state index contributed by atoms with van der Waals surface area (Å²) in [5.74, 6) is -1.45. The van der Waals surface area contributed by atoms with Crippen LogP contribution < -0.4 is 15.5 Å². The lowest BCUT2D eigenvalue weighted by Gasteiger charge is -2.07. The van der Waals surface area contributed by atoms with E-state index in [0.717, 1.165) is 10.1 Å². The largest absolute Gasteiger partial charge is 0.422 e. The molecule has 5 aromatic rings. The van der Waals surface area contributed by atoms with E-state index in [0.29, 0.717) is 26.2 Å². The number of ether oxygens (including phenoxy) is 1. The van der Waals surface area contributed by atoms with Crippen molar-refractivity contribution in [3.05, 3.63) is 133 Å². The number of hydrazone groups is 1. The van der Waals surface area contributed by atoms with E-state index in [2.05, 4.69) is 15.8 Å². The molecule has 0 unspecified atom stereocenters. The summed E-state index contributed by atoms with van der Waals surface area (Å²) < 4.78 is 6.21. The number of hydrogen-bond acceptors (Lipinski definition) is 8. The Morgan fingerprint density at radius 2 is 1.58 bits per heavy atom. The summed E-state index contributed by atoms with van der Waals surface area (Å²) in [5.41, 5.74) is 3.52. The summed E-state index contributed by atoms with van der Waals surface area (Å²) in [6.45, 7) is 0. The molecule has 0 aliphatic carbocycles. The van der Waals surface area contributed by atoms with E-state index in [9.17, 15) is 24.5 Å². The smallest absolute Gasteiger partial charge is 0.343 e. The maximum Gasteiger partial charge on any atom is 0.343 e. The molecule has 43 heavy (non-hydrogen) atoms. The minimum atomic E-state index is -0.717. The highest BCUT2D eigenvalue weighted by Crippen LogP contribution is 2.37. The molecule has 0 bridgehead atoms. The summed E-state index contributed by atoms with van der Waals surface area (Å²) in [7, 11) is 0. The topological polar surface area (TPSA) is 140 Å². The van der Waals surface area contributed by atoms with Gasteiger partial charge in [-0.15, -0.1) is 11.3 Å². The van der Waals surface area contributed by atoms with Crippen LogP contribution in [0.15, 0.2) is 96.1 Å². The second-order valence-corrected chi connectivity index (χ2v) is 10.7. The normalized spacial score (nSPS) is 10.9. The van der Waals surface area contributed by atoms with Crippen molar-refractivity contribution < 1.29 is 24.0 Å². The summed E-state index contributed by atoms with van der Waals surface area (Å²) in [4.78, 5) is 48.6. The molecule has 0 radical (unpaired) electrons. The summed E-state index contributed by atoms with van der Waals surface area (Å²) in [6.07, 6.45) is 1.31. The van der Waals surface area contributed by atoms with E-state index in [4.69, 9.17) is 27.9 Å². The Morgan fingerprint density at radius 1 is 0.884 bits per heavy atom. The number of non-ortho nitro benzene ring substituents is 1. The van der Waals surface area contributed by atoms with Crippen LogP contribution >= 0.6 is 34.5 Å². The molecule has 2 amide bonds. The molecular weight excluding hydrogens is 615 g/mol. The maximum absolute atomic E-state index is 12.8. The SMILES string of the molecule is O=C(N/N=C\c1ccccc1OC(=O)c1ccc([N+](=O)[O-])cc1)c1ccc(NC(=O)c2sc3cc(Cl)ccc3c2Cl)cc1. The second kappa shape index (κ2) is 12.8. The van der Waals surface area contributed by atoms with Crippen molar-refractivity contribution in [1.29, 1.82) is 0 Å². The first-order chi connectivity index (χ1) is 20.7. The number of carbonyl (C=O) groups excluding carboxylic acids is 3. The zero-order valence-corrected chi connectivity index (χ0v) is 24.1. The summed E-state index contributed by atoms with van der Waals surface area (Å²) in [6, 6.07) is 22.9. The van der Waals surface area contributed by atoms with Crippen LogP contribution in [0.4, 0.5) is 11.4 Å². The number of esters is 1. The molecule has 4 aromatic carbocycles. The molecule has 0 spiro atoms. The number of carbonyl (C=O) groups is 3. The number of nitro benzene ring substituents is 1. The van der Waals surface area contributed by atoms with E-state index < -0.39 is 22.7 Å². The molecule has 214 valence electrons. The molecule has 0 saturated carbocycles. The van der Waals surface area contributed by atoms with Gasteiger partial charge in [0.15, 0.2) is 0 Å². The third-order valence-corrected chi connectivity index (χ3v) is 7.90. The predicted molar refractivity (Wildman–Crippen MR) is 166 cm³/mol. The van der Waals surface area contributed by atoms with Gasteiger partial charge in [0.25, 0.3) is 17.5 Å². The molecule has 0 saturated heterocycles. The monoisotopic (exact) mass is 632 g/mol. The molecule has 1 heterocycles. The van der Waals surface area contributed by atoms with Crippen LogP contribution in [-0.2, 0) is 0 Å². The van der Waals surface area contributed by atoms with Crippen LogP contribution in [0, 0.1) is 10.1 Å². The van der Waals surface area contributed by atoms with Crippen molar-refractivity contribution in [3.63, 3.8) is 0 Å². The van der Waals surface area contributed by atoms with Crippen LogP contribution in [0.1, 0.15) is 36.0 Å². The first-order valence-electron chi connectivity index (χ1n) is 12.4. The van der Waals surface area contributed by atoms with E-state index >= 15 is 0 Å². The molecule has 13 heteroatoms. The zero-order chi connectivity index (χ0) is 30.5. The Bertz CT molecular complexity index is 1910. The van der Waals surface area contributed by atoms with Gasteiger partial charge in [0.1, 0.15) is 10.6 Å². The Kier molecular flexibility index (Phi) is 8.77. The molecule has 10 nitrogen and oxygen atoms in total. The van der Waals surface area contributed by atoms with Crippen molar-refractivity contribution in [3.8, 4) is 5.75 Å². The number of para-hydroxylation sites is 1. The Morgan fingerprint density at radius 3 is 2.30 bits per heavy atom. The van der Waals surface area contributed by atoms with Crippen molar-refractivity contribution in [1.82, 2.24) is 5.43 Å². The van der Waals surface area contributed by atoms with Crippen LogP contribution in [0.5, 0.6) is 5.75 Å². The van der Waals surface area contributed by atoms with Crippen molar-refractivity contribution in [2.45, 2.75) is 0 Å². The maximum atomic E-state index is 12.8. The first-order valence-corrected chi connectivity index (χ1v) is 13.9. The number of nitro groups is 1. The third kappa shape index (κ3) is 6.87. The number of rotatable bonds is 8. The fourth-order valence-corrected chi connectivity index (χ4v) is 5.55. The van der Waals surface area contributed by atoms with Gasteiger partial charge in [0.2, 0.25) is 0 Å². The minimum Gasteiger partial charge on any atom is -0.422 e. The number of nitrogens with one attached hydrogen (secondary N) is 2. The summed E-state index contributed by atoms with van der Waals surface area (Å²) >= 11 is 13.7. The number of thiophene rings is 1. The van der Waals surface area contributed by atoms with Gasteiger partial charge in [-0.3, -0.25) is 19.7 Å². The average Bonchev–Trinajstić information content (AvgIpc) is 3.33. The Hall–Kier alpha value is -5.10. The first kappa shape index (κ1) is 29.4. The molecule has 5 rings (SSSR count). The van der Waals surface area contributed by atoms with Crippen LogP contribution in [-0.4, -0.2) is 28.9 Å². The number of anilines is 1. The molecular formula is C30H18Cl2N4O6S. The van der Waals surface area contributed by atoms with Gasteiger partial charge < -0.3 is 10.1 Å². The van der Waals surface area contributed by atoms with E-state index in [-0.39, 0.29) is 22.6 Å². The quantitative estimate of drug-likeness (QED) is 0.0602. The third-order valence-electron chi connectivity index (χ3n) is 6.01. The van der Waals surface area contributed by atoms with Crippen LogP contribution in [0.2, 0.25) is 10.0 Å². The highest BCUT2D eigenvalue weighted by Gasteiger charge is 2.18. The van der Waals surface area contributed by atoms with Crippen molar-refractivity contribution >= 4 is 80.0 Å². The number of nitrogens with zero attached hydrogens (tertiary/aromatic N) is 2. The average molecular weight is 633 g/mol. The van der Waals surface area contributed by atoms with Crippen molar-refractivity contribution in [2.75, 3.05) is 5.32 Å². The number of amides is 2. The predicted octanol–water partition coefficient (Wildman–Crippen LogP) is 7.35. The standard InChI is InChI=1S/C30H18Cl2N4O6S/c31-20-9-14-23-25(15-20)43-27(26(23)32)29(38)34-21-10-5-17(6-11-21)28(37)35-33-16-19-3-1-2-4-24(19)42-30(39)18-7-12-22(13-8-18)36(40)41/h1-16H,(H,34,38)(H,35,37)/b33-16-. The second-order valence-electron chi connectivity index (χ2n) is 8.85. The zero-order valence-electron chi connectivity index (χ0n) is 21.7. The molecule has 0 fully saturated rings. The lowest BCUT2D eigenvalue weighted by molar-refractivity contribution is -0.384. The molecule has 2 N–H and O–H groups in total. The fourth-order valence-electron chi connectivity index (χ4n) is 3.86. The molecule has 1 aromatic heterocycles. The van der Waals surface area contributed by atoms with Crippen LogP contribution in [0.25, 0.3) is 10.1 Å². The number of benzene rings is 4. The lowest BCUT2D eigenvalue weighted by Crippen LogP contribution is -2.18. The van der Waals surface area contributed by atoms with E-state index in [1.54, 1.807) is 54.6 Å². The number of fused-ring (bicyclic) bond motifs is 1. The van der Waals surface area contributed by atoms with Gasteiger partial charge in [0.05, 0.1) is 21.7 Å². The lowest BCUT2D eigenvalue weighted by atomic mass is 10.2. The molecule has 0 aliphatic rings. The highest BCUT2D eigenvalue weighted by atomic mass is 35.5. The molecule has 0 atom stereocenters. The fraction of sp³-hybridized carbons (Fsp3) is 0. The minimum absolute atomic E-state index is 0.127. The van der Waals surface area contributed by atoms with E-state index in [1.165, 1.54) is 53.9 Å². The van der Waals surface area contributed by atoms with Gasteiger partial charge in [0, 0.05) is 44.1 Å². The molecule has 0 aliphatic heterocycles. The van der Waals surface area contributed by atoms with Gasteiger partial charge in [-0.05, 0) is 60.7 Å². The van der Waals surface area contributed by atoms with Gasteiger partial charge in [-0.1, -0.05) is 41.4 Å². The Labute approximate surface area is 257 Å². The number of halogens is 2. The highest BCUT2D eigenvalue weighted by molar-refractivity contribution is 7.21. The van der Waals surface area contributed by atoms with Gasteiger partial charge in [-0.25, -0.2) is 10.2 Å². The van der Waals surface area contributed by atoms with Crippen molar-refractivity contribution in [2.24, 2.45) is 5.10 Å². The van der Waals surface area contributed by atoms with E-state index in [1.807, 2.05) is 0 Å². The number of hydrogen-bond donors (Lipinski definition) is 2. The summed E-state index contributed by atoms with van der Waals surface area (Å²) in [5, 5.41) is 19.2.